The molecule has 1 aromatic heterocycles. The number of amides is 2. The molecule has 0 saturated carbocycles. The van der Waals surface area contributed by atoms with E-state index in [1.54, 1.807) is 0 Å². The zero-order chi connectivity index (χ0) is 36.3. The van der Waals surface area contributed by atoms with Crippen LogP contribution in [-0.4, -0.2) is 106 Å². The quantitative estimate of drug-likeness (QED) is 0.0825. The number of carbonyl (C=O) groups is 2. The van der Waals surface area contributed by atoms with Crippen molar-refractivity contribution in [2.24, 2.45) is 11.1 Å². The molecule has 1 aliphatic heterocycles. The number of nitrogens with one attached hydrogen (secondary N) is 2. The molecule has 0 saturated heterocycles. The minimum atomic E-state index is -1.81. The number of fused-ring (bicyclic) bond motifs is 1. The predicted octanol–water partition coefficient (Wildman–Crippen LogP) is 1.11. The molecule has 14 nitrogen and oxygen atoms in total. The molecule has 0 aliphatic carbocycles. The van der Waals surface area contributed by atoms with Gasteiger partial charge in [-0.15, -0.1) is 0 Å². The first-order chi connectivity index (χ1) is 23.9. The Balaban J connectivity index is 1.21. The van der Waals surface area contributed by atoms with Gasteiger partial charge < -0.3 is 56.1 Å². The molecule has 0 fully saturated rings. The van der Waals surface area contributed by atoms with E-state index in [0.717, 1.165) is 41.6 Å². The van der Waals surface area contributed by atoms with Crippen molar-refractivity contribution in [2.45, 2.75) is 70.0 Å². The summed E-state index contributed by atoms with van der Waals surface area (Å²) in [5.41, 5.74) is 9.29. The number of benzene rings is 2. The summed E-state index contributed by atoms with van der Waals surface area (Å²) in [5, 5.41) is 52.9. The average molecular weight is 697 g/mol. The number of hydrogen-bond acceptors (Lipinski definition) is 12. The number of rotatable bonds is 19. The number of aromatic nitrogens is 1. The van der Waals surface area contributed by atoms with Crippen molar-refractivity contribution < 1.29 is 49.3 Å². The Labute approximate surface area is 291 Å². The van der Waals surface area contributed by atoms with Gasteiger partial charge in [-0.25, -0.2) is 4.98 Å². The number of pyridine rings is 1. The van der Waals surface area contributed by atoms with Gasteiger partial charge in [-0.1, -0.05) is 50.2 Å². The number of aliphatic hydroxyl groups excluding tert-OH is 5. The Morgan fingerprint density at radius 3 is 2.36 bits per heavy atom. The molecule has 50 heavy (non-hydrogen) atoms. The van der Waals surface area contributed by atoms with Crippen LogP contribution in [0.1, 0.15) is 39.5 Å². The van der Waals surface area contributed by atoms with E-state index in [9.17, 15) is 30.0 Å². The number of aliphatic hydroxyl groups is 5. The van der Waals surface area contributed by atoms with E-state index in [4.69, 9.17) is 30.0 Å². The Hall–Kier alpha value is -4.31. The summed E-state index contributed by atoms with van der Waals surface area (Å²) in [6.07, 6.45) is -4.92. The van der Waals surface area contributed by atoms with Gasteiger partial charge in [-0.2, -0.15) is 0 Å². The van der Waals surface area contributed by atoms with Crippen molar-refractivity contribution in [2.75, 3.05) is 33.1 Å². The Morgan fingerprint density at radius 1 is 0.900 bits per heavy atom. The SMILES string of the molecule is CC(C)(CCCCOc1cc(-c2ccc3c(c2)OCO3)cc(-c2ccccc2)n1)CNC(=O)C(N)CC(=O)NCC(O)C(O)C(O)C(O)CO. The number of ether oxygens (including phenoxy) is 3. The van der Waals surface area contributed by atoms with Crippen LogP contribution in [0.3, 0.4) is 0 Å². The largest absolute Gasteiger partial charge is 0.478 e. The van der Waals surface area contributed by atoms with Gasteiger partial charge in [0.25, 0.3) is 0 Å². The average Bonchev–Trinajstić information content (AvgIpc) is 3.60. The summed E-state index contributed by atoms with van der Waals surface area (Å²) in [5.74, 6) is 0.748. The highest BCUT2D eigenvalue weighted by atomic mass is 16.7. The monoisotopic (exact) mass is 696 g/mol. The van der Waals surface area contributed by atoms with Crippen molar-refractivity contribution in [3.8, 4) is 39.8 Å². The summed E-state index contributed by atoms with van der Waals surface area (Å²) in [4.78, 5) is 29.6. The van der Waals surface area contributed by atoms with Gasteiger partial charge in [0, 0.05) is 24.7 Å². The van der Waals surface area contributed by atoms with Crippen LogP contribution in [0.4, 0.5) is 0 Å². The molecule has 1 aliphatic rings. The minimum absolute atomic E-state index is 0.198. The fraction of sp³-hybridized carbons (Fsp3) is 0.472. The predicted molar refractivity (Wildman–Crippen MR) is 184 cm³/mol. The maximum Gasteiger partial charge on any atom is 0.237 e. The summed E-state index contributed by atoms with van der Waals surface area (Å²) < 4.78 is 17.2. The highest BCUT2D eigenvalue weighted by molar-refractivity contribution is 5.88. The molecule has 0 radical (unpaired) electrons. The second kappa shape index (κ2) is 18.1. The van der Waals surface area contributed by atoms with E-state index in [1.165, 1.54) is 0 Å². The molecule has 9 N–H and O–H groups in total. The van der Waals surface area contributed by atoms with Gasteiger partial charge in [0.05, 0.1) is 37.5 Å². The van der Waals surface area contributed by atoms with Crippen molar-refractivity contribution in [3.63, 3.8) is 0 Å². The van der Waals surface area contributed by atoms with E-state index in [0.29, 0.717) is 30.5 Å². The van der Waals surface area contributed by atoms with Gasteiger partial charge in [0.2, 0.25) is 24.5 Å². The fourth-order valence-electron chi connectivity index (χ4n) is 5.27. The zero-order valence-corrected chi connectivity index (χ0v) is 28.3. The third-order valence-corrected chi connectivity index (χ3v) is 8.39. The molecule has 2 heterocycles. The molecule has 5 atom stereocenters. The summed E-state index contributed by atoms with van der Waals surface area (Å²) in [7, 11) is 0. The molecular formula is C36H48N4O10. The molecule has 3 aromatic rings. The molecule has 14 heteroatoms. The topological polar surface area (TPSA) is 226 Å². The third-order valence-electron chi connectivity index (χ3n) is 8.39. The number of unbranched alkanes of at least 4 members (excludes halogenated alkanes) is 1. The van der Waals surface area contributed by atoms with Crippen LogP contribution in [0, 0.1) is 5.41 Å². The third kappa shape index (κ3) is 11.1. The smallest absolute Gasteiger partial charge is 0.237 e. The first-order valence-corrected chi connectivity index (χ1v) is 16.6. The molecule has 0 bridgehead atoms. The molecule has 2 aromatic carbocycles. The van der Waals surface area contributed by atoms with Crippen LogP contribution >= 0.6 is 0 Å². The number of hydrogen-bond donors (Lipinski definition) is 8. The first kappa shape index (κ1) is 38.5. The second-order valence-electron chi connectivity index (χ2n) is 13.1. The van der Waals surface area contributed by atoms with Crippen LogP contribution in [0.5, 0.6) is 17.4 Å². The molecule has 2 amide bonds. The van der Waals surface area contributed by atoms with Crippen LogP contribution in [0.2, 0.25) is 0 Å². The number of carbonyl (C=O) groups excluding carboxylic acids is 2. The van der Waals surface area contributed by atoms with Crippen molar-refractivity contribution in [1.29, 1.82) is 0 Å². The zero-order valence-electron chi connectivity index (χ0n) is 28.3. The summed E-state index contributed by atoms with van der Waals surface area (Å²) >= 11 is 0. The van der Waals surface area contributed by atoms with Crippen LogP contribution < -0.4 is 30.6 Å². The minimum Gasteiger partial charge on any atom is -0.478 e. The van der Waals surface area contributed by atoms with Gasteiger partial charge in [-0.05, 0) is 54.0 Å². The van der Waals surface area contributed by atoms with Crippen molar-refractivity contribution >= 4 is 11.8 Å². The lowest BCUT2D eigenvalue weighted by molar-refractivity contribution is -0.129. The highest BCUT2D eigenvalue weighted by Gasteiger charge is 2.30. The Morgan fingerprint density at radius 2 is 1.62 bits per heavy atom. The van der Waals surface area contributed by atoms with E-state index >= 15 is 0 Å². The van der Waals surface area contributed by atoms with E-state index in [2.05, 4.69) is 10.6 Å². The number of nitrogens with zero attached hydrogens (tertiary/aromatic N) is 1. The molecule has 0 spiro atoms. The highest BCUT2D eigenvalue weighted by Crippen LogP contribution is 2.37. The molecular weight excluding hydrogens is 648 g/mol. The van der Waals surface area contributed by atoms with E-state index < -0.39 is 55.4 Å². The first-order valence-electron chi connectivity index (χ1n) is 16.6. The van der Waals surface area contributed by atoms with Gasteiger partial charge in [0.15, 0.2) is 11.5 Å². The van der Waals surface area contributed by atoms with E-state index in [1.807, 2.05) is 74.5 Å². The number of nitrogens with two attached hydrogens (primary N) is 1. The van der Waals surface area contributed by atoms with E-state index in [-0.39, 0.29) is 18.6 Å². The summed E-state index contributed by atoms with van der Waals surface area (Å²) in [6.45, 7) is 3.73. The molecule has 272 valence electrons. The maximum atomic E-state index is 12.6. The normalized spacial score (nSPS) is 15.4. The second-order valence-corrected chi connectivity index (χ2v) is 13.1. The summed E-state index contributed by atoms with van der Waals surface area (Å²) in [6, 6.07) is 18.5. The van der Waals surface area contributed by atoms with Crippen LogP contribution in [0.25, 0.3) is 22.4 Å². The van der Waals surface area contributed by atoms with Crippen LogP contribution in [-0.2, 0) is 9.59 Å². The lowest BCUT2D eigenvalue weighted by Gasteiger charge is -2.26. The van der Waals surface area contributed by atoms with Gasteiger partial charge in [0.1, 0.15) is 18.3 Å². The van der Waals surface area contributed by atoms with Crippen LogP contribution in [0.15, 0.2) is 60.7 Å². The van der Waals surface area contributed by atoms with Crippen molar-refractivity contribution in [1.82, 2.24) is 15.6 Å². The fourth-order valence-corrected chi connectivity index (χ4v) is 5.27. The Kier molecular flexibility index (Phi) is 13.9. The van der Waals surface area contributed by atoms with Crippen molar-refractivity contribution in [3.05, 3.63) is 60.7 Å². The molecule has 4 rings (SSSR count). The lowest BCUT2D eigenvalue weighted by atomic mass is 9.87. The molecule has 5 unspecified atom stereocenters. The lowest BCUT2D eigenvalue weighted by Crippen LogP contribution is -2.50. The standard InChI is InChI=1S/C36H48N4O10/c1-36(2,20-39-35(47)25(37)17-31(44)38-18-27(42)33(45)34(46)28(43)19-41)12-6-7-13-48-32-16-24(14-26(40-32)22-8-4-3-5-9-22)23-10-11-29-30(15-23)50-21-49-29/h3-5,8-11,14-16,25,27-28,33-34,41-43,45-46H,6-7,12-13,17-21,37H2,1-2H3,(H,38,44)(H,39,47). The Bertz CT molecular complexity index is 1560. The van der Waals surface area contributed by atoms with Gasteiger partial charge in [-0.3, -0.25) is 9.59 Å². The van der Waals surface area contributed by atoms with Gasteiger partial charge >= 0.3 is 0 Å². The maximum absolute atomic E-state index is 12.6.